The summed E-state index contributed by atoms with van der Waals surface area (Å²) < 4.78 is 24.4. The topological polar surface area (TPSA) is 126 Å². The van der Waals surface area contributed by atoms with Crippen LogP contribution >= 0.6 is 0 Å². The molecule has 1 rings (SSSR count). The second-order valence-corrected chi connectivity index (χ2v) is 5.38. The Morgan fingerprint density at radius 3 is 2.78 bits per heavy atom. The first-order valence-corrected chi connectivity index (χ1v) is 6.77. The number of hydrogen-bond donors (Lipinski definition) is 4. The van der Waals surface area contributed by atoms with Crippen LogP contribution in [-0.4, -0.2) is 38.7 Å². The molecule has 0 aliphatic heterocycles. The molecule has 0 saturated heterocycles. The van der Waals surface area contributed by atoms with Crippen LogP contribution < -0.4 is 21.3 Å². The number of anilines is 1. The van der Waals surface area contributed by atoms with E-state index in [4.69, 9.17) is 5.84 Å². The quantitative estimate of drug-likeness (QED) is 0.375. The summed E-state index contributed by atoms with van der Waals surface area (Å²) in [5.74, 6) is 4.86. The molecule has 5 N–H and O–H groups in total. The van der Waals surface area contributed by atoms with Gasteiger partial charge in [-0.1, -0.05) is 6.07 Å². The molecule has 1 aromatic rings. The van der Waals surface area contributed by atoms with Crippen molar-refractivity contribution in [2.24, 2.45) is 5.84 Å². The molecule has 0 unspecified atom stereocenters. The molecular formula is C9H15N5O3S. The SMILES string of the molecule is CNS(=O)(=O)CCNC(=O)c1cccc(NN)n1. The van der Waals surface area contributed by atoms with Gasteiger partial charge in [0.1, 0.15) is 11.5 Å². The molecule has 0 aromatic carbocycles. The van der Waals surface area contributed by atoms with E-state index in [0.717, 1.165) is 0 Å². The number of carbonyl (C=O) groups excluding carboxylic acids is 1. The molecule has 18 heavy (non-hydrogen) atoms. The summed E-state index contributed by atoms with van der Waals surface area (Å²) >= 11 is 0. The van der Waals surface area contributed by atoms with Crippen molar-refractivity contribution in [3.63, 3.8) is 0 Å². The predicted molar refractivity (Wildman–Crippen MR) is 67.2 cm³/mol. The van der Waals surface area contributed by atoms with Crippen molar-refractivity contribution in [1.82, 2.24) is 15.0 Å². The summed E-state index contributed by atoms with van der Waals surface area (Å²) in [6.45, 7) is 0.00394. The average molecular weight is 273 g/mol. The number of amides is 1. The zero-order valence-electron chi connectivity index (χ0n) is 9.80. The lowest BCUT2D eigenvalue weighted by molar-refractivity contribution is 0.0951. The van der Waals surface area contributed by atoms with Gasteiger partial charge in [-0.05, 0) is 19.2 Å². The van der Waals surface area contributed by atoms with E-state index in [1.54, 1.807) is 12.1 Å². The highest BCUT2D eigenvalue weighted by Crippen LogP contribution is 2.02. The molecule has 100 valence electrons. The van der Waals surface area contributed by atoms with Gasteiger partial charge in [-0.2, -0.15) is 0 Å². The minimum Gasteiger partial charge on any atom is -0.350 e. The zero-order chi connectivity index (χ0) is 13.6. The van der Waals surface area contributed by atoms with E-state index in [0.29, 0.717) is 5.82 Å². The number of rotatable bonds is 6. The van der Waals surface area contributed by atoms with Crippen LogP contribution in [-0.2, 0) is 10.0 Å². The minimum atomic E-state index is -3.33. The maximum absolute atomic E-state index is 11.6. The molecule has 1 aromatic heterocycles. The first-order valence-electron chi connectivity index (χ1n) is 5.11. The van der Waals surface area contributed by atoms with Crippen molar-refractivity contribution in [2.45, 2.75) is 0 Å². The Bertz CT molecular complexity index is 517. The molecule has 1 amide bonds. The van der Waals surface area contributed by atoms with Crippen LogP contribution in [0.5, 0.6) is 0 Å². The molecule has 1 heterocycles. The monoisotopic (exact) mass is 273 g/mol. The van der Waals surface area contributed by atoms with E-state index in [1.165, 1.54) is 13.1 Å². The summed E-state index contributed by atoms with van der Waals surface area (Å²) in [6.07, 6.45) is 0. The standard InChI is InChI=1S/C9H15N5O3S/c1-11-18(16,17)6-5-12-9(15)7-3-2-4-8(13-7)14-10/h2-4,11H,5-6,10H2,1H3,(H,12,15)(H,13,14). The zero-order valence-corrected chi connectivity index (χ0v) is 10.6. The van der Waals surface area contributed by atoms with Gasteiger partial charge < -0.3 is 10.7 Å². The van der Waals surface area contributed by atoms with Crippen LogP contribution in [0.15, 0.2) is 18.2 Å². The predicted octanol–water partition coefficient (Wildman–Crippen LogP) is -1.35. The highest BCUT2D eigenvalue weighted by molar-refractivity contribution is 7.89. The van der Waals surface area contributed by atoms with Gasteiger partial charge in [0.25, 0.3) is 5.91 Å². The minimum absolute atomic E-state index is 0.00394. The normalized spacial score (nSPS) is 11.0. The lowest BCUT2D eigenvalue weighted by atomic mass is 10.3. The molecule has 0 atom stereocenters. The average Bonchev–Trinajstić information content (AvgIpc) is 2.38. The van der Waals surface area contributed by atoms with E-state index in [9.17, 15) is 13.2 Å². The highest BCUT2D eigenvalue weighted by Gasteiger charge is 2.10. The van der Waals surface area contributed by atoms with E-state index >= 15 is 0 Å². The number of nitrogens with two attached hydrogens (primary N) is 1. The van der Waals surface area contributed by atoms with Gasteiger partial charge in [-0.25, -0.2) is 24.0 Å². The third kappa shape index (κ3) is 4.28. The van der Waals surface area contributed by atoms with E-state index in [2.05, 4.69) is 20.4 Å². The van der Waals surface area contributed by atoms with E-state index in [1.807, 2.05) is 0 Å². The Morgan fingerprint density at radius 2 is 2.17 bits per heavy atom. The third-order valence-corrected chi connectivity index (χ3v) is 3.46. The number of nitrogen functional groups attached to an aromatic ring is 1. The lowest BCUT2D eigenvalue weighted by Gasteiger charge is -2.06. The molecule has 0 bridgehead atoms. The van der Waals surface area contributed by atoms with Crippen LogP contribution in [0.2, 0.25) is 0 Å². The molecular weight excluding hydrogens is 258 g/mol. The molecule has 0 aliphatic carbocycles. The molecule has 9 heteroatoms. The number of hydrogen-bond acceptors (Lipinski definition) is 6. The number of nitrogens with one attached hydrogen (secondary N) is 3. The van der Waals surface area contributed by atoms with Gasteiger partial charge in [0.05, 0.1) is 5.75 Å². The van der Waals surface area contributed by atoms with Gasteiger partial charge >= 0.3 is 0 Å². The smallest absolute Gasteiger partial charge is 0.270 e. The third-order valence-electron chi connectivity index (χ3n) is 2.10. The Morgan fingerprint density at radius 1 is 1.44 bits per heavy atom. The van der Waals surface area contributed by atoms with Crippen molar-refractivity contribution < 1.29 is 13.2 Å². The van der Waals surface area contributed by atoms with Crippen molar-refractivity contribution in [3.05, 3.63) is 23.9 Å². The van der Waals surface area contributed by atoms with E-state index in [-0.39, 0.29) is 18.0 Å². The van der Waals surface area contributed by atoms with Crippen LogP contribution in [0, 0.1) is 0 Å². The van der Waals surface area contributed by atoms with Crippen molar-refractivity contribution in [2.75, 3.05) is 24.8 Å². The second-order valence-electron chi connectivity index (χ2n) is 3.33. The largest absolute Gasteiger partial charge is 0.350 e. The molecule has 0 saturated carbocycles. The number of nitrogens with zero attached hydrogens (tertiary/aromatic N) is 1. The highest BCUT2D eigenvalue weighted by atomic mass is 32.2. The summed E-state index contributed by atoms with van der Waals surface area (Å²) in [6, 6.07) is 4.71. The van der Waals surface area contributed by atoms with Crippen LogP contribution in [0.3, 0.4) is 0 Å². The number of carbonyl (C=O) groups is 1. The second kappa shape index (κ2) is 6.28. The van der Waals surface area contributed by atoms with Crippen molar-refractivity contribution in [3.8, 4) is 0 Å². The maximum Gasteiger partial charge on any atom is 0.270 e. The lowest BCUT2D eigenvalue weighted by Crippen LogP contribution is -2.33. The van der Waals surface area contributed by atoms with E-state index < -0.39 is 15.9 Å². The van der Waals surface area contributed by atoms with Gasteiger partial charge in [0, 0.05) is 6.54 Å². The molecule has 0 aliphatic rings. The summed E-state index contributed by atoms with van der Waals surface area (Å²) in [7, 11) is -2.01. The van der Waals surface area contributed by atoms with Crippen LogP contribution in [0.25, 0.3) is 0 Å². The number of aromatic nitrogens is 1. The summed E-state index contributed by atoms with van der Waals surface area (Å²) in [5, 5.41) is 2.45. The van der Waals surface area contributed by atoms with Gasteiger partial charge in [0.15, 0.2) is 0 Å². The molecule has 0 fully saturated rings. The molecule has 0 spiro atoms. The first kappa shape index (κ1) is 14.4. The van der Waals surface area contributed by atoms with Crippen molar-refractivity contribution in [1.29, 1.82) is 0 Å². The Kier molecular flexibility index (Phi) is 5.01. The fourth-order valence-electron chi connectivity index (χ4n) is 1.13. The summed E-state index contributed by atoms with van der Waals surface area (Å²) in [5.41, 5.74) is 2.47. The van der Waals surface area contributed by atoms with Crippen LogP contribution in [0.4, 0.5) is 5.82 Å². The molecule has 8 nitrogen and oxygen atoms in total. The summed E-state index contributed by atoms with van der Waals surface area (Å²) in [4.78, 5) is 15.5. The fraction of sp³-hybridized carbons (Fsp3) is 0.333. The number of sulfonamides is 1. The van der Waals surface area contributed by atoms with Gasteiger partial charge in [-0.15, -0.1) is 0 Å². The van der Waals surface area contributed by atoms with Gasteiger partial charge in [0.2, 0.25) is 10.0 Å². The van der Waals surface area contributed by atoms with Gasteiger partial charge in [-0.3, -0.25) is 4.79 Å². The Balaban J connectivity index is 2.55. The number of pyridine rings is 1. The number of hydrazine groups is 1. The maximum atomic E-state index is 11.6. The first-order chi connectivity index (χ1) is 8.48. The molecule has 0 radical (unpaired) electrons. The Hall–Kier alpha value is -1.71. The van der Waals surface area contributed by atoms with Crippen LogP contribution in [0.1, 0.15) is 10.5 Å². The Labute approximate surface area is 105 Å². The van der Waals surface area contributed by atoms with Crippen molar-refractivity contribution >= 4 is 21.7 Å². The fourth-order valence-corrected chi connectivity index (χ4v) is 1.71.